The van der Waals surface area contributed by atoms with Gasteiger partial charge in [0.25, 0.3) is 5.91 Å². The van der Waals surface area contributed by atoms with E-state index in [1.807, 2.05) is 31.3 Å². The number of ether oxygens (including phenoxy) is 5. The number of piperidine rings is 1. The number of hydrogen-bond acceptors (Lipinski definition) is 17. The number of benzene rings is 2. The highest BCUT2D eigenvalue weighted by Crippen LogP contribution is 2.44. The quantitative estimate of drug-likeness (QED) is 0.113. The van der Waals surface area contributed by atoms with Crippen LogP contribution >= 0.6 is 0 Å². The maximum Gasteiger partial charge on any atom is 0.486 e. The molecule has 0 radical (unpaired) electrons. The van der Waals surface area contributed by atoms with Crippen LogP contribution in [0, 0.1) is 22.2 Å². The normalized spacial score (nSPS) is 15.3. The van der Waals surface area contributed by atoms with Crippen LogP contribution in [0.3, 0.4) is 0 Å². The zero-order valence-electron chi connectivity index (χ0n) is 36.2. The topological polar surface area (TPSA) is 290 Å². The van der Waals surface area contributed by atoms with E-state index >= 15 is 0 Å². The monoisotopic (exact) mass is 877 g/mol. The molecular weight excluding hydrogens is 818 g/mol. The Bertz CT molecular complexity index is 1860. The predicted octanol–water partition coefficient (Wildman–Crippen LogP) is 1.57. The number of aliphatic carboxylic acids is 2. The van der Waals surface area contributed by atoms with Crippen LogP contribution < -0.4 is 34.2 Å². The van der Waals surface area contributed by atoms with Crippen LogP contribution in [-0.4, -0.2) is 128 Å². The Morgan fingerprint density at radius 3 is 2.16 bits per heavy atom. The second-order valence-electron chi connectivity index (χ2n) is 14.8. The predicted molar refractivity (Wildman–Crippen MR) is 216 cm³/mol. The van der Waals surface area contributed by atoms with Gasteiger partial charge in [0.15, 0.2) is 36.2 Å². The fourth-order valence-corrected chi connectivity index (χ4v) is 7.09. The maximum atomic E-state index is 12.9. The van der Waals surface area contributed by atoms with Crippen LogP contribution in [0.15, 0.2) is 30.3 Å². The molecular formula is C41H59N5O16. The fraction of sp³-hybridized carbons (Fsp3) is 0.585. The molecule has 1 aliphatic heterocycles. The van der Waals surface area contributed by atoms with Crippen LogP contribution in [0.25, 0.3) is 0 Å². The largest absolute Gasteiger partial charge is 0.547 e. The summed E-state index contributed by atoms with van der Waals surface area (Å²) >= 11 is 0. The molecule has 1 aliphatic rings. The van der Waals surface area contributed by atoms with Crippen molar-refractivity contribution in [3.05, 3.63) is 46.4 Å². The fourth-order valence-electron chi connectivity index (χ4n) is 7.09. The number of methoxy groups -OCH3 is 4. The van der Waals surface area contributed by atoms with E-state index in [0.29, 0.717) is 74.1 Å². The summed E-state index contributed by atoms with van der Waals surface area (Å²) < 4.78 is 28.1. The molecule has 2 aromatic rings. The van der Waals surface area contributed by atoms with Gasteiger partial charge in [-0.2, -0.15) is 10.1 Å². The Kier molecular flexibility index (Phi) is 20.6. The van der Waals surface area contributed by atoms with Crippen molar-refractivity contribution >= 4 is 23.8 Å². The highest BCUT2D eigenvalue weighted by molar-refractivity contribution is 5.87. The first-order valence-corrected chi connectivity index (χ1v) is 19.7. The third-order valence-electron chi connectivity index (χ3n) is 10.7. The Balaban J connectivity index is 0.0000132. The summed E-state index contributed by atoms with van der Waals surface area (Å²) in [7, 11) is 8.15. The van der Waals surface area contributed by atoms with Gasteiger partial charge in [0.2, 0.25) is 5.75 Å². The Labute approximate surface area is 360 Å². The van der Waals surface area contributed by atoms with Crippen molar-refractivity contribution in [2.45, 2.75) is 82.3 Å². The van der Waals surface area contributed by atoms with Crippen LogP contribution in [0.5, 0.6) is 28.7 Å². The molecule has 21 nitrogen and oxygen atoms in total. The molecule has 3 rings (SSSR count). The number of nitriles is 1. The number of rotatable bonds is 26. The Morgan fingerprint density at radius 2 is 1.63 bits per heavy atom. The van der Waals surface area contributed by atoms with E-state index in [-0.39, 0.29) is 30.6 Å². The summed E-state index contributed by atoms with van der Waals surface area (Å²) in [6.07, 6.45) is 1.03. The molecule has 1 amide bonds. The molecule has 2 aromatic carbocycles. The highest BCUT2D eigenvalue weighted by atomic mass is 17.0. The van der Waals surface area contributed by atoms with Crippen molar-refractivity contribution in [3.8, 4) is 34.8 Å². The second-order valence-corrected chi connectivity index (χ2v) is 14.8. The number of aliphatic hydroxyl groups is 1. The molecule has 0 saturated carbocycles. The minimum atomic E-state index is -3.08. The molecule has 1 saturated heterocycles. The number of nitrogens with zero attached hydrogens (tertiary/aromatic N) is 4. The van der Waals surface area contributed by atoms with Crippen LogP contribution in [0.4, 0.5) is 0 Å². The van der Waals surface area contributed by atoms with E-state index in [4.69, 9.17) is 33.6 Å². The maximum absolute atomic E-state index is 12.9. The van der Waals surface area contributed by atoms with Gasteiger partial charge in [-0.3, -0.25) is 19.9 Å². The van der Waals surface area contributed by atoms with Gasteiger partial charge < -0.3 is 49.3 Å². The van der Waals surface area contributed by atoms with E-state index in [0.717, 1.165) is 24.0 Å². The van der Waals surface area contributed by atoms with Crippen molar-refractivity contribution in [2.75, 3.05) is 68.3 Å². The first kappa shape index (κ1) is 52.2. The lowest BCUT2D eigenvalue weighted by atomic mass is 9.74. The highest BCUT2D eigenvalue weighted by Gasteiger charge is 2.39. The van der Waals surface area contributed by atoms with Crippen molar-refractivity contribution in [3.63, 3.8) is 0 Å². The van der Waals surface area contributed by atoms with Crippen LogP contribution in [0.1, 0.15) is 82.4 Å². The Hall–Kier alpha value is -5.95. The Morgan fingerprint density at radius 1 is 1.00 bits per heavy atom. The van der Waals surface area contributed by atoms with Crippen LogP contribution in [-0.2, 0) is 34.3 Å². The average Bonchev–Trinajstić information content (AvgIpc) is 3.23. The van der Waals surface area contributed by atoms with Gasteiger partial charge in [-0.15, -0.1) is 4.84 Å². The van der Waals surface area contributed by atoms with Gasteiger partial charge in [-0.1, -0.05) is 19.4 Å². The number of carboxylic acids is 2. The van der Waals surface area contributed by atoms with Gasteiger partial charge in [-0.05, 0) is 88.0 Å². The number of hydrazine groups is 1. The number of nitrogens with one attached hydrogen (secondary N) is 1. The van der Waals surface area contributed by atoms with E-state index in [9.17, 15) is 39.6 Å². The van der Waals surface area contributed by atoms with E-state index in [1.54, 1.807) is 25.3 Å². The lowest BCUT2D eigenvalue weighted by molar-refractivity contribution is -0.964. The molecule has 0 aromatic heterocycles. The summed E-state index contributed by atoms with van der Waals surface area (Å²) in [5.41, 5.74) is 0.682. The summed E-state index contributed by atoms with van der Waals surface area (Å²) in [6.45, 7) is 5.09. The number of carbonyl (C=O) groups excluding carboxylic acids is 3. The summed E-state index contributed by atoms with van der Waals surface area (Å²) in [6, 6.07) is 11.8. The first-order valence-electron chi connectivity index (χ1n) is 19.7. The summed E-state index contributed by atoms with van der Waals surface area (Å²) in [5.74, 6) is -3.77. The molecule has 62 heavy (non-hydrogen) atoms. The molecule has 0 bridgehead atoms. The molecule has 1 fully saturated rings. The molecule has 21 heteroatoms. The van der Waals surface area contributed by atoms with Crippen molar-refractivity contribution < 1.29 is 78.4 Å². The molecule has 3 atom stereocenters. The first-order chi connectivity index (χ1) is 29.0. The minimum absolute atomic E-state index is 0. The second kappa shape index (κ2) is 24.5. The summed E-state index contributed by atoms with van der Waals surface area (Å²) in [5, 5.41) is 41.5. The smallest absolute Gasteiger partial charge is 0.486 e. The third-order valence-corrected chi connectivity index (χ3v) is 10.7. The summed E-state index contributed by atoms with van der Waals surface area (Å²) in [4.78, 5) is 70.0. The van der Waals surface area contributed by atoms with Gasteiger partial charge >= 0.3 is 17.0 Å². The van der Waals surface area contributed by atoms with E-state index in [1.165, 1.54) is 14.2 Å². The molecule has 0 spiro atoms. The molecule has 0 aliphatic carbocycles. The van der Waals surface area contributed by atoms with Crippen molar-refractivity contribution in [2.24, 2.45) is 5.92 Å². The van der Waals surface area contributed by atoms with E-state index < -0.39 is 52.8 Å². The van der Waals surface area contributed by atoms with Gasteiger partial charge in [0, 0.05) is 25.0 Å². The number of carboxylic acid groups (broad SMARTS) is 2. The number of amides is 1. The molecule has 5 N–H and O–H groups in total. The average molecular weight is 878 g/mol. The number of hydrogen-bond donors (Lipinski definition) is 3. The zero-order valence-corrected chi connectivity index (χ0v) is 36.2. The minimum Gasteiger partial charge on any atom is -0.547 e. The number of carbonyl (C=O) groups is 4. The zero-order chi connectivity index (χ0) is 45.3. The SMILES string of the molecule is CCCC(C#N)(CCCN(C)C(C)c1ccc(OC)c(OCC(=O)NN2CCC(CO[N+](=O)OC(=O)CC(O)(CC(=O)O)C(=O)[O-])CC2)c1)c1cc(OC)c(OC)c(OC)c1.O. The lowest BCUT2D eigenvalue weighted by Crippen LogP contribution is -2.51. The van der Waals surface area contributed by atoms with Gasteiger partial charge in [-0.25, -0.2) is 9.80 Å². The van der Waals surface area contributed by atoms with Crippen molar-refractivity contribution in [1.29, 1.82) is 5.26 Å². The molecule has 1 heterocycles. The molecule has 3 unspecified atom stereocenters. The van der Waals surface area contributed by atoms with Gasteiger partial charge in [0.05, 0.1) is 58.7 Å². The molecule has 344 valence electrons. The standard InChI is InChI=1S/C41H57N5O15.H2O/c1-8-14-40(26-42,30-20-33(56-5)38(58-7)34(21-30)57-6)15-9-16-44(3)27(2)29-10-11-31(55-4)32(19-29)59-25-35(47)43-45-17-12-28(13-18-45)24-60-46(54)61-37(50)23-41(53,39(51)52)22-36(48)49;/h10-11,19-21,27-28,53H,8-9,12-18,22-25H2,1-7H3,(H2-,43,47,48,49,51,52);1H2. The van der Waals surface area contributed by atoms with E-state index in [2.05, 4.69) is 35.1 Å². The lowest BCUT2D eigenvalue weighted by Gasteiger charge is -2.31. The van der Waals surface area contributed by atoms with Crippen LogP contribution in [0.2, 0.25) is 0 Å². The third kappa shape index (κ3) is 14.3. The van der Waals surface area contributed by atoms with Crippen molar-refractivity contribution in [1.82, 2.24) is 15.3 Å². The van der Waals surface area contributed by atoms with Gasteiger partial charge in [0.1, 0.15) is 10.5 Å².